The highest BCUT2D eigenvalue weighted by atomic mass is 35.5. The summed E-state index contributed by atoms with van der Waals surface area (Å²) in [5.74, 6) is 0.250. The Bertz CT molecular complexity index is 1210. The first-order valence-electron chi connectivity index (χ1n) is 9.66. The number of fused-ring (bicyclic) bond motifs is 1. The Balaban J connectivity index is 1.77. The Morgan fingerprint density at radius 3 is 2.65 bits per heavy atom. The lowest BCUT2D eigenvalue weighted by Crippen LogP contribution is -2.49. The van der Waals surface area contributed by atoms with Gasteiger partial charge in [0.05, 0.1) is 23.3 Å². The van der Waals surface area contributed by atoms with Crippen LogP contribution in [-0.4, -0.2) is 29.6 Å². The molecule has 1 amide bonds. The van der Waals surface area contributed by atoms with Gasteiger partial charge in [0.15, 0.2) is 0 Å². The number of rotatable bonds is 9. The normalized spacial score (nSPS) is 11.7. The van der Waals surface area contributed by atoms with Crippen LogP contribution in [0.3, 0.4) is 0 Å². The van der Waals surface area contributed by atoms with Gasteiger partial charge in [0.25, 0.3) is 5.91 Å². The highest BCUT2D eigenvalue weighted by molar-refractivity contribution is 7.89. The second-order valence-electron chi connectivity index (χ2n) is 7.04. The molecule has 0 bridgehead atoms. The number of carbonyl (C=O) groups excluding carboxylic acids is 1. The van der Waals surface area contributed by atoms with Crippen molar-refractivity contribution >= 4 is 50.2 Å². The summed E-state index contributed by atoms with van der Waals surface area (Å²) in [4.78, 5) is 19.2. The van der Waals surface area contributed by atoms with Crippen molar-refractivity contribution in [2.75, 3.05) is 5.75 Å². The fourth-order valence-corrected chi connectivity index (χ4v) is 4.47. The Morgan fingerprint density at radius 2 is 1.94 bits per heavy atom. The molecule has 3 aromatic rings. The van der Waals surface area contributed by atoms with Gasteiger partial charge in [-0.25, -0.2) is 13.4 Å². The van der Waals surface area contributed by atoms with Gasteiger partial charge in [-0.1, -0.05) is 42.6 Å². The zero-order valence-electron chi connectivity index (χ0n) is 17.1. The van der Waals surface area contributed by atoms with Crippen LogP contribution >= 0.6 is 23.2 Å². The van der Waals surface area contributed by atoms with E-state index in [4.69, 9.17) is 23.2 Å². The predicted molar refractivity (Wildman–Crippen MR) is 122 cm³/mol. The summed E-state index contributed by atoms with van der Waals surface area (Å²) < 4.78 is 25.5. The number of sulfonamides is 1. The first-order valence-corrected chi connectivity index (χ1v) is 12.1. The lowest BCUT2D eigenvalue weighted by molar-refractivity contribution is 0.0930. The van der Waals surface area contributed by atoms with Crippen molar-refractivity contribution < 1.29 is 13.2 Å². The third-order valence-corrected chi connectivity index (χ3v) is 6.52. The van der Waals surface area contributed by atoms with E-state index in [0.717, 1.165) is 28.8 Å². The molecule has 3 rings (SSSR count). The van der Waals surface area contributed by atoms with E-state index in [2.05, 4.69) is 20.8 Å². The second-order valence-corrected chi connectivity index (χ2v) is 9.72. The number of benzene rings is 2. The quantitative estimate of drug-likeness (QED) is 0.403. The molecule has 8 nitrogen and oxygen atoms in total. The van der Waals surface area contributed by atoms with Gasteiger partial charge in [-0.3, -0.25) is 10.2 Å². The monoisotopic (exact) mass is 483 g/mol. The van der Waals surface area contributed by atoms with E-state index in [1.54, 1.807) is 30.3 Å². The summed E-state index contributed by atoms with van der Waals surface area (Å²) in [6, 6.07) is 10.4. The molecule has 0 aliphatic heterocycles. The van der Waals surface area contributed by atoms with Crippen molar-refractivity contribution in [1.82, 2.24) is 25.3 Å². The van der Waals surface area contributed by atoms with Crippen LogP contribution < -0.4 is 15.8 Å². The molecule has 0 spiro atoms. The van der Waals surface area contributed by atoms with Crippen molar-refractivity contribution in [3.8, 4) is 0 Å². The molecule has 0 unspecified atom stereocenters. The molecule has 0 saturated heterocycles. The fraction of sp³-hybridized carbons (Fsp3) is 0.300. The number of amides is 1. The third-order valence-electron chi connectivity index (χ3n) is 4.69. The van der Waals surface area contributed by atoms with Gasteiger partial charge >= 0.3 is 0 Å². The van der Waals surface area contributed by atoms with E-state index in [1.165, 1.54) is 0 Å². The molecule has 0 atom stereocenters. The maximum Gasteiger partial charge on any atom is 0.266 e. The summed E-state index contributed by atoms with van der Waals surface area (Å²) in [5, 5.41) is 1.10. The summed E-state index contributed by atoms with van der Waals surface area (Å²) >= 11 is 12.3. The number of nitrogens with zero attached hydrogens (tertiary/aromatic N) is 2. The van der Waals surface area contributed by atoms with Crippen LogP contribution in [0.4, 0.5) is 0 Å². The van der Waals surface area contributed by atoms with Crippen LogP contribution in [0.2, 0.25) is 10.0 Å². The highest BCUT2D eigenvalue weighted by Crippen LogP contribution is 2.25. The molecule has 0 aliphatic rings. The van der Waals surface area contributed by atoms with E-state index in [9.17, 15) is 13.2 Å². The van der Waals surface area contributed by atoms with Crippen LogP contribution in [0.25, 0.3) is 11.0 Å². The molecule has 0 fully saturated rings. The number of aryl methyl sites for hydroxylation is 1. The van der Waals surface area contributed by atoms with E-state index < -0.39 is 15.9 Å². The highest BCUT2D eigenvalue weighted by Gasteiger charge is 2.14. The largest absolute Gasteiger partial charge is 0.324 e. The van der Waals surface area contributed by atoms with Crippen LogP contribution in [0.1, 0.15) is 41.5 Å². The molecule has 1 heterocycles. The number of halogens is 2. The Morgan fingerprint density at radius 1 is 1.16 bits per heavy atom. The van der Waals surface area contributed by atoms with Crippen LogP contribution in [-0.2, 0) is 16.6 Å². The summed E-state index contributed by atoms with van der Waals surface area (Å²) in [6.07, 6.45) is 1.28. The minimum atomic E-state index is -3.51. The lowest BCUT2D eigenvalue weighted by atomic mass is 10.1. The van der Waals surface area contributed by atoms with Crippen molar-refractivity contribution in [2.24, 2.45) is 0 Å². The number of hydrogen-bond acceptors (Lipinski definition) is 5. The smallest absolute Gasteiger partial charge is 0.266 e. The Kier molecular flexibility index (Phi) is 7.55. The minimum absolute atomic E-state index is 0.0238. The maximum absolute atomic E-state index is 12.5. The first-order chi connectivity index (χ1) is 14.7. The Hall–Kier alpha value is -2.17. The molecule has 11 heteroatoms. The lowest BCUT2D eigenvalue weighted by Gasteiger charge is -2.11. The van der Waals surface area contributed by atoms with Crippen LogP contribution in [0.5, 0.6) is 0 Å². The predicted octanol–water partition coefficient (Wildman–Crippen LogP) is 3.57. The van der Waals surface area contributed by atoms with Gasteiger partial charge in [-0.15, -0.1) is 4.83 Å². The van der Waals surface area contributed by atoms with Crippen molar-refractivity contribution in [3.05, 3.63) is 63.4 Å². The van der Waals surface area contributed by atoms with Crippen LogP contribution in [0.15, 0.2) is 36.4 Å². The van der Waals surface area contributed by atoms with Crippen molar-refractivity contribution in [2.45, 2.75) is 33.2 Å². The summed E-state index contributed by atoms with van der Waals surface area (Å²) in [6.45, 7) is 4.23. The number of imidazole rings is 1. The average molecular weight is 484 g/mol. The SMILES string of the molecule is CCCCS(=O)(=O)NNNC(=O)c1ccc2nc(C)n(Cc3ccc(Cl)cc3Cl)c2c1. The second kappa shape index (κ2) is 9.97. The topological polar surface area (TPSA) is 105 Å². The average Bonchev–Trinajstić information content (AvgIpc) is 3.02. The molecule has 1 aromatic heterocycles. The van der Waals surface area contributed by atoms with E-state index in [0.29, 0.717) is 28.6 Å². The van der Waals surface area contributed by atoms with Gasteiger partial charge in [0, 0.05) is 15.6 Å². The minimum Gasteiger partial charge on any atom is -0.324 e. The van der Waals surface area contributed by atoms with Gasteiger partial charge in [-0.05, 0) is 49.2 Å². The number of hydrogen-bond donors (Lipinski definition) is 3. The van der Waals surface area contributed by atoms with Gasteiger partial charge in [0.2, 0.25) is 10.0 Å². The number of carbonyl (C=O) groups is 1. The number of aromatic nitrogens is 2. The molecular formula is C20H23Cl2N5O3S. The molecular weight excluding hydrogens is 461 g/mol. The molecule has 0 saturated carbocycles. The molecule has 0 radical (unpaired) electrons. The van der Waals surface area contributed by atoms with E-state index in [1.807, 2.05) is 24.5 Å². The molecule has 0 aliphatic carbocycles. The third kappa shape index (κ3) is 5.96. The van der Waals surface area contributed by atoms with E-state index >= 15 is 0 Å². The van der Waals surface area contributed by atoms with Gasteiger partial charge in [-0.2, -0.15) is 5.53 Å². The fourth-order valence-electron chi connectivity index (χ4n) is 3.02. The van der Waals surface area contributed by atoms with Crippen LogP contribution in [0, 0.1) is 6.92 Å². The van der Waals surface area contributed by atoms with E-state index in [-0.39, 0.29) is 5.75 Å². The molecule has 31 heavy (non-hydrogen) atoms. The number of unbranched alkanes of at least 4 members (excludes halogenated alkanes) is 1. The first kappa shape index (κ1) is 23.5. The molecule has 3 N–H and O–H groups in total. The zero-order valence-corrected chi connectivity index (χ0v) is 19.4. The zero-order chi connectivity index (χ0) is 22.6. The number of hydrazine groups is 2. The summed E-state index contributed by atoms with van der Waals surface area (Å²) in [5.41, 5.74) is 7.30. The van der Waals surface area contributed by atoms with Gasteiger partial charge in [0.1, 0.15) is 5.82 Å². The molecule has 166 valence electrons. The standard InChI is InChI=1S/C20H23Cl2N5O3S/c1-3-4-9-31(29,30)26-25-24-20(28)14-6-8-18-19(10-14)27(13(2)23-18)12-15-5-7-16(21)11-17(15)22/h5-8,10-11,25-26H,3-4,9,12H2,1-2H3,(H,24,28). The summed E-state index contributed by atoms with van der Waals surface area (Å²) in [7, 11) is -3.51. The van der Waals surface area contributed by atoms with Crippen molar-refractivity contribution in [1.29, 1.82) is 0 Å². The molecule has 2 aromatic carbocycles. The number of nitrogens with one attached hydrogen (secondary N) is 3. The maximum atomic E-state index is 12.5. The Labute approximate surface area is 190 Å². The van der Waals surface area contributed by atoms with Gasteiger partial charge < -0.3 is 4.57 Å². The van der Waals surface area contributed by atoms with Crippen molar-refractivity contribution in [3.63, 3.8) is 0 Å².